The zero-order valence-corrected chi connectivity index (χ0v) is 14.2. The first-order valence-corrected chi connectivity index (χ1v) is 8.61. The van der Waals surface area contributed by atoms with Crippen molar-refractivity contribution in [1.82, 2.24) is 5.43 Å². The van der Waals surface area contributed by atoms with Gasteiger partial charge in [-0.1, -0.05) is 66.7 Å². The molecule has 0 atom stereocenters. The lowest BCUT2D eigenvalue weighted by atomic mass is 9.91. The van der Waals surface area contributed by atoms with Gasteiger partial charge in [-0.2, -0.15) is 5.10 Å². The fraction of sp³-hybridized carbons (Fsp3) is 0.100. The summed E-state index contributed by atoms with van der Waals surface area (Å²) in [5, 5.41) is 6.26. The average molecular weight is 334 g/mol. The van der Waals surface area contributed by atoms with Gasteiger partial charge < -0.3 is 0 Å². The van der Waals surface area contributed by atoms with Crippen molar-refractivity contribution in [2.75, 3.05) is 0 Å². The number of thiophene rings is 1. The third-order valence-electron chi connectivity index (χ3n) is 3.74. The summed E-state index contributed by atoms with van der Waals surface area (Å²) in [6.07, 6.45) is 0. The molecule has 1 heterocycles. The number of carbonyl (C=O) groups is 1. The van der Waals surface area contributed by atoms with Gasteiger partial charge in [-0.25, -0.2) is 5.43 Å². The Hall–Kier alpha value is -2.72. The van der Waals surface area contributed by atoms with Gasteiger partial charge in [-0.3, -0.25) is 4.79 Å². The van der Waals surface area contributed by atoms with Gasteiger partial charge in [0.25, 0.3) is 5.91 Å². The van der Waals surface area contributed by atoms with Crippen LogP contribution in [0.3, 0.4) is 0 Å². The maximum absolute atomic E-state index is 12.8. The molecule has 0 aliphatic rings. The molecule has 0 saturated heterocycles. The zero-order valence-electron chi connectivity index (χ0n) is 13.3. The molecule has 120 valence electrons. The number of nitrogens with zero attached hydrogens (tertiary/aromatic N) is 1. The van der Waals surface area contributed by atoms with E-state index in [4.69, 9.17) is 0 Å². The van der Waals surface area contributed by atoms with Crippen molar-refractivity contribution >= 4 is 23.0 Å². The highest BCUT2D eigenvalue weighted by molar-refractivity contribution is 7.12. The van der Waals surface area contributed by atoms with Gasteiger partial charge in [0.15, 0.2) is 0 Å². The van der Waals surface area contributed by atoms with E-state index in [-0.39, 0.29) is 11.8 Å². The van der Waals surface area contributed by atoms with Crippen molar-refractivity contribution in [1.29, 1.82) is 0 Å². The Bertz CT molecular complexity index is 772. The van der Waals surface area contributed by atoms with Crippen LogP contribution in [0, 0.1) is 0 Å². The first kappa shape index (κ1) is 16.1. The van der Waals surface area contributed by atoms with Crippen LogP contribution < -0.4 is 5.43 Å². The molecule has 3 aromatic rings. The third-order valence-corrected chi connectivity index (χ3v) is 4.72. The van der Waals surface area contributed by atoms with Crippen LogP contribution in [0.15, 0.2) is 83.3 Å². The van der Waals surface area contributed by atoms with Crippen LogP contribution in [-0.4, -0.2) is 11.6 Å². The van der Waals surface area contributed by atoms with Crippen LogP contribution in [0.2, 0.25) is 0 Å². The predicted molar refractivity (Wildman–Crippen MR) is 99.4 cm³/mol. The van der Waals surface area contributed by atoms with Crippen LogP contribution >= 0.6 is 11.3 Å². The summed E-state index contributed by atoms with van der Waals surface area (Å²) in [4.78, 5) is 13.9. The Labute approximate surface area is 145 Å². The number of hydrogen-bond acceptors (Lipinski definition) is 3. The number of rotatable bonds is 5. The molecule has 2 aromatic carbocycles. The Morgan fingerprint density at radius 1 is 0.917 bits per heavy atom. The molecule has 0 radical (unpaired) electrons. The predicted octanol–water partition coefficient (Wildman–Crippen LogP) is 4.42. The van der Waals surface area contributed by atoms with E-state index in [0.29, 0.717) is 0 Å². The van der Waals surface area contributed by atoms with E-state index < -0.39 is 0 Å². The van der Waals surface area contributed by atoms with E-state index in [1.54, 1.807) is 11.3 Å². The zero-order chi connectivity index (χ0) is 16.8. The smallest absolute Gasteiger partial charge is 0.252 e. The molecule has 0 bridgehead atoms. The Kier molecular flexibility index (Phi) is 5.18. The summed E-state index contributed by atoms with van der Waals surface area (Å²) in [6.45, 7) is 1.89. The van der Waals surface area contributed by atoms with E-state index in [1.807, 2.05) is 85.1 Å². The molecule has 1 aromatic heterocycles. The molecule has 0 aliphatic carbocycles. The molecular weight excluding hydrogens is 316 g/mol. The maximum atomic E-state index is 12.8. The van der Waals surface area contributed by atoms with Crippen LogP contribution in [-0.2, 0) is 4.79 Å². The van der Waals surface area contributed by atoms with Crippen molar-refractivity contribution in [2.24, 2.45) is 5.10 Å². The topological polar surface area (TPSA) is 41.5 Å². The molecule has 24 heavy (non-hydrogen) atoms. The van der Waals surface area contributed by atoms with Crippen molar-refractivity contribution in [3.05, 3.63) is 94.2 Å². The summed E-state index contributed by atoms with van der Waals surface area (Å²) in [7, 11) is 0. The number of benzene rings is 2. The highest BCUT2D eigenvalue weighted by atomic mass is 32.1. The monoisotopic (exact) mass is 334 g/mol. The molecule has 4 heteroatoms. The quantitative estimate of drug-likeness (QED) is 0.544. The molecule has 3 rings (SSSR count). The highest BCUT2D eigenvalue weighted by Gasteiger charge is 2.22. The summed E-state index contributed by atoms with van der Waals surface area (Å²) in [5.41, 5.74) is 5.43. The molecule has 0 fully saturated rings. The molecule has 0 aliphatic heterocycles. The summed E-state index contributed by atoms with van der Waals surface area (Å²) < 4.78 is 0. The van der Waals surface area contributed by atoms with E-state index >= 15 is 0 Å². The van der Waals surface area contributed by atoms with Crippen LogP contribution in [0.1, 0.15) is 28.8 Å². The SMILES string of the molecule is C/C(=N\NC(=O)C(c1ccccc1)c1ccccc1)c1cccs1. The van der Waals surface area contributed by atoms with Crippen molar-refractivity contribution in [3.8, 4) is 0 Å². The fourth-order valence-corrected chi connectivity index (χ4v) is 3.21. The van der Waals surface area contributed by atoms with E-state index in [2.05, 4.69) is 10.5 Å². The van der Waals surface area contributed by atoms with Crippen molar-refractivity contribution < 1.29 is 4.79 Å². The van der Waals surface area contributed by atoms with E-state index in [0.717, 1.165) is 21.7 Å². The third kappa shape index (κ3) is 3.78. The minimum atomic E-state index is -0.382. The summed E-state index contributed by atoms with van der Waals surface area (Å²) in [6, 6.07) is 23.5. The van der Waals surface area contributed by atoms with Gasteiger partial charge in [0.2, 0.25) is 0 Å². The minimum Gasteiger partial charge on any atom is -0.272 e. The summed E-state index contributed by atoms with van der Waals surface area (Å²) in [5.74, 6) is -0.518. The van der Waals surface area contributed by atoms with Crippen LogP contribution in [0.25, 0.3) is 0 Å². The van der Waals surface area contributed by atoms with Crippen LogP contribution in [0.5, 0.6) is 0 Å². The number of hydrogen-bond donors (Lipinski definition) is 1. The standard InChI is InChI=1S/C20H18N2OS/c1-15(18-13-8-14-24-18)21-22-20(23)19(16-9-4-2-5-10-16)17-11-6-3-7-12-17/h2-14,19H,1H3,(H,22,23)/b21-15+. The summed E-state index contributed by atoms with van der Waals surface area (Å²) >= 11 is 1.60. The molecule has 1 N–H and O–H groups in total. The van der Waals surface area contributed by atoms with Gasteiger partial charge in [0.1, 0.15) is 0 Å². The molecular formula is C20H18N2OS. The first-order chi connectivity index (χ1) is 11.8. The lowest BCUT2D eigenvalue weighted by molar-refractivity contribution is -0.121. The van der Waals surface area contributed by atoms with E-state index in [9.17, 15) is 4.79 Å². The molecule has 3 nitrogen and oxygen atoms in total. The van der Waals surface area contributed by atoms with E-state index in [1.165, 1.54) is 0 Å². The second-order valence-corrected chi connectivity index (χ2v) is 6.35. The Morgan fingerprint density at radius 2 is 1.50 bits per heavy atom. The number of carbonyl (C=O) groups excluding carboxylic acids is 1. The molecule has 0 saturated carbocycles. The molecule has 0 unspecified atom stereocenters. The van der Waals surface area contributed by atoms with Gasteiger partial charge in [0.05, 0.1) is 11.6 Å². The highest BCUT2D eigenvalue weighted by Crippen LogP contribution is 2.24. The van der Waals surface area contributed by atoms with Crippen LogP contribution in [0.4, 0.5) is 0 Å². The second kappa shape index (κ2) is 7.70. The second-order valence-electron chi connectivity index (χ2n) is 5.40. The average Bonchev–Trinajstić information content (AvgIpc) is 3.16. The largest absolute Gasteiger partial charge is 0.272 e. The normalized spacial score (nSPS) is 11.5. The molecule has 1 amide bonds. The molecule has 0 spiro atoms. The lowest BCUT2D eigenvalue weighted by Crippen LogP contribution is -2.27. The number of nitrogens with one attached hydrogen (secondary N) is 1. The lowest BCUT2D eigenvalue weighted by Gasteiger charge is -2.16. The first-order valence-electron chi connectivity index (χ1n) is 7.73. The maximum Gasteiger partial charge on any atom is 0.252 e. The fourth-order valence-electron chi connectivity index (χ4n) is 2.53. The van der Waals surface area contributed by atoms with Gasteiger partial charge in [-0.05, 0) is 29.5 Å². The van der Waals surface area contributed by atoms with Gasteiger partial charge in [0, 0.05) is 4.88 Å². The van der Waals surface area contributed by atoms with Gasteiger partial charge in [-0.15, -0.1) is 11.3 Å². The van der Waals surface area contributed by atoms with Crippen molar-refractivity contribution in [2.45, 2.75) is 12.8 Å². The minimum absolute atomic E-state index is 0.136. The number of amides is 1. The Balaban J connectivity index is 1.86. The van der Waals surface area contributed by atoms with Crippen molar-refractivity contribution in [3.63, 3.8) is 0 Å². The number of hydrazone groups is 1. The Morgan fingerprint density at radius 3 is 2.00 bits per heavy atom. The van der Waals surface area contributed by atoms with Gasteiger partial charge >= 0.3 is 0 Å².